The van der Waals surface area contributed by atoms with Crippen LogP contribution in [0.25, 0.3) is 34.2 Å². The number of benzene rings is 2. The van der Waals surface area contributed by atoms with Crippen LogP contribution >= 0.6 is 0 Å². The molecule has 0 unspecified atom stereocenters. The van der Waals surface area contributed by atoms with Crippen LogP contribution in [-0.2, 0) is 0 Å². The Hall–Kier alpha value is -3.34. The maximum absolute atomic E-state index is 5.28. The maximum atomic E-state index is 5.28. The van der Waals surface area contributed by atoms with Crippen molar-refractivity contribution in [2.45, 2.75) is 0 Å². The van der Waals surface area contributed by atoms with Gasteiger partial charge in [0.15, 0.2) is 0 Å². The lowest BCUT2D eigenvalue weighted by atomic mass is 10.0. The number of hydrogen-bond donors (Lipinski definition) is 0. The van der Waals surface area contributed by atoms with Crippen LogP contribution in [-0.4, -0.2) is 20.2 Å². The summed E-state index contributed by atoms with van der Waals surface area (Å²) in [6.45, 7) is 0. The minimum atomic E-state index is 0.356. The van der Waals surface area contributed by atoms with Gasteiger partial charge in [-0.3, -0.25) is 0 Å². The van der Waals surface area contributed by atoms with Gasteiger partial charge in [0.05, 0.1) is 6.20 Å². The molecule has 0 fully saturated rings. The van der Waals surface area contributed by atoms with E-state index in [4.69, 9.17) is 4.42 Å². The first kappa shape index (κ1) is 13.3. The fraction of sp³-hybridized carbons (Fsp3) is 0. The fourth-order valence-electron chi connectivity index (χ4n) is 2.34. The molecule has 0 aliphatic carbocycles. The zero-order chi connectivity index (χ0) is 15.5. The van der Waals surface area contributed by atoms with E-state index in [-0.39, 0.29) is 0 Å². The minimum Gasteiger partial charge on any atom is -0.442 e. The van der Waals surface area contributed by atoms with Gasteiger partial charge in [-0.25, -0.2) is 9.97 Å². The van der Waals surface area contributed by atoms with Crippen LogP contribution in [0.5, 0.6) is 0 Å². The van der Waals surface area contributed by atoms with Crippen molar-refractivity contribution >= 4 is 0 Å². The highest BCUT2D eigenvalue weighted by atomic mass is 16.3. The van der Waals surface area contributed by atoms with Crippen molar-refractivity contribution in [3.8, 4) is 34.2 Å². The quantitative estimate of drug-likeness (QED) is 0.575. The van der Waals surface area contributed by atoms with Crippen LogP contribution in [0.1, 0.15) is 0 Å². The first-order chi connectivity index (χ1) is 11.4. The van der Waals surface area contributed by atoms with Gasteiger partial charge in [0.1, 0.15) is 17.7 Å². The summed E-state index contributed by atoms with van der Waals surface area (Å²) >= 11 is 0. The SMILES string of the molecule is c1ccc(-c2nnc(-c3ncco3)nc2-c2ccccc2)cc1. The van der Waals surface area contributed by atoms with Crippen molar-refractivity contribution in [3.05, 3.63) is 73.1 Å². The largest absolute Gasteiger partial charge is 0.442 e. The molecule has 0 atom stereocenters. The molecule has 2 aromatic heterocycles. The van der Waals surface area contributed by atoms with Crippen LogP contribution < -0.4 is 0 Å². The van der Waals surface area contributed by atoms with Gasteiger partial charge in [-0.1, -0.05) is 60.7 Å². The maximum Gasteiger partial charge on any atom is 0.266 e. The van der Waals surface area contributed by atoms with Gasteiger partial charge in [-0.05, 0) is 0 Å². The Kier molecular flexibility index (Phi) is 3.37. The molecule has 0 aliphatic heterocycles. The Morgan fingerprint density at radius 2 is 1.35 bits per heavy atom. The number of aromatic nitrogens is 4. The zero-order valence-electron chi connectivity index (χ0n) is 12.1. The predicted octanol–water partition coefficient (Wildman–Crippen LogP) is 3.86. The third-order valence-electron chi connectivity index (χ3n) is 3.40. The molecule has 0 bridgehead atoms. The molecular formula is C18H12N4O. The molecular weight excluding hydrogens is 288 g/mol. The number of hydrogen-bond acceptors (Lipinski definition) is 5. The molecule has 5 nitrogen and oxygen atoms in total. The lowest BCUT2D eigenvalue weighted by Crippen LogP contribution is -2.00. The van der Waals surface area contributed by atoms with Gasteiger partial charge in [-0.15, -0.1) is 10.2 Å². The first-order valence-corrected chi connectivity index (χ1v) is 7.17. The normalized spacial score (nSPS) is 10.6. The summed E-state index contributed by atoms with van der Waals surface area (Å²) in [5.41, 5.74) is 3.41. The summed E-state index contributed by atoms with van der Waals surface area (Å²) in [6, 6.07) is 19.8. The first-order valence-electron chi connectivity index (χ1n) is 7.17. The molecule has 0 amide bonds. The Morgan fingerprint density at radius 3 is 1.96 bits per heavy atom. The molecule has 4 aromatic rings. The summed E-state index contributed by atoms with van der Waals surface area (Å²) in [6.07, 6.45) is 3.05. The molecule has 0 radical (unpaired) electrons. The number of rotatable bonds is 3. The van der Waals surface area contributed by atoms with E-state index >= 15 is 0 Å². The van der Waals surface area contributed by atoms with Crippen molar-refractivity contribution in [2.24, 2.45) is 0 Å². The van der Waals surface area contributed by atoms with Gasteiger partial charge in [0.25, 0.3) is 5.89 Å². The Labute approximate surface area is 132 Å². The number of nitrogens with zero attached hydrogens (tertiary/aromatic N) is 4. The predicted molar refractivity (Wildman–Crippen MR) is 86.2 cm³/mol. The van der Waals surface area contributed by atoms with Gasteiger partial charge in [-0.2, -0.15) is 0 Å². The Balaban J connectivity index is 1.93. The topological polar surface area (TPSA) is 64.7 Å². The molecule has 0 aliphatic rings. The van der Waals surface area contributed by atoms with E-state index in [2.05, 4.69) is 20.2 Å². The zero-order valence-corrected chi connectivity index (χ0v) is 12.1. The highest BCUT2D eigenvalue weighted by Crippen LogP contribution is 2.29. The van der Waals surface area contributed by atoms with E-state index in [0.717, 1.165) is 22.5 Å². The molecule has 0 saturated heterocycles. The average molecular weight is 300 g/mol. The van der Waals surface area contributed by atoms with E-state index in [9.17, 15) is 0 Å². The van der Waals surface area contributed by atoms with Crippen molar-refractivity contribution < 1.29 is 4.42 Å². The van der Waals surface area contributed by atoms with E-state index in [1.807, 2.05) is 60.7 Å². The summed E-state index contributed by atoms with van der Waals surface area (Å²) in [5, 5.41) is 8.54. The average Bonchev–Trinajstić information content (AvgIpc) is 3.17. The standard InChI is InChI=1S/C18H12N4O/c1-3-7-13(8-4-1)15-16(14-9-5-2-6-10-14)21-22-17(20-15)18-19-11-12-23-18/h1-12H. The third-order valence-corrected chi connectivity index (χ3v) is 3.40. The monoisotopic (exact) mass is 300 g/mol. The van der Waals surface area contributed by atoms with Gasteiger partial charge in [0, 0.05) is 11.1 Å². The molecule has 0 N–H and O–H groups in total. The second-order valence-corrected chi connectivity index (χ2v) is 4.90. The molecule has 110 valence electrons. The molecule has 4 rings (SSSR count). The van der Waals surface area contributed by atoms with E-state index in [1.165, 1.54) is 6.26 Å². The van der Waals surface area contributed by atoms with Crippen LogP contribution in [0.4, 0.5) is 0 Å². The van der Waals surface area contributed by atoms with Gasteiger partial charge < -0.3 is 4.42 Å². The van der Waals surface area contributed by atoms with E-state index in [0.29, 0.717) is 11.7 Å². The molecule has 0 spiro atoms. The Morgan fingerprint density at radius 1 is 0.696 bits per heavy atom. The van der Waals surface area contributed by atoms with Crippen LogP contribution in [0.15, 0.2) is 77.5 Å². The summed E-state index contributed by atoms with van der Waals surface area (Å²) in [5.74, 6) is 0.725. The molecule has 5 heteroatoms. The molecule has 2 aromatic carbocycles. The van der Waals surface area contributed by atoms with E-state index < -0.39 is 0 Å². The summed E-state index contributed by atoms with van der Waals surface area (Å²) in [4.78, 5) is 8.72. The van der Waals surface area contributed by atoms with Crippen molar-refractivity contribution in [3.63, 3.8) is 0 Å². The van der Waals surface area contributed by atoms with Crippen LogP contribution in [0, 0.1) is 0 Å². The Bertz CT molecular complexity index is 906. The van der Waals surface area contributed by atoms with Gasteiger partial charge >= 0.3 is 0 Å². The van der Waals surface area contributed by atoms with Crippen molar-refractivity contribution in [1.29, 1.82) is 0 Å². The molecule has 23 heavy (non-hydrogen) atoms. The lowest BCUT2D eigenvalue weighted by Gasteiger charge is -2.08. The van der Waals surface area contributed by atoms with Crippen molar-refractivity contribution in [1.82, 2.24) is 20.2 Å². The minimum absolute atomic E-state index is 0.356. The van der Waals surface area contributed by atoms with E-state index in [1.54, 1.807) is 6.20 Å². The van der Waals surface area contributed by atoms with Crippen molar-refractivity contribution in [2.75, 3.05) is 0 Å². The summed E-state index contributed by atoms with van der Waals surface area (Å²) in [7, 11) is 0. The smallest absolute Gasteiger partial charge is 0.266 e. The highest BCUT2D eigenvalue weighted by molar-refractivity contribution is 5.78. The summed E-state index contributed by atoms with van der Waals surface area (Å²) < 4.78 is 5.28. The number of oxazole rings is 1. The fourth-order valence-corrected chi connectivity index (χ4v) is 2.34. The van der Waals surface area contributed by atoms with Crippen LogP contribution in [0.3, 0.4) is 0 Å². The molecule has 2 heterocycles. The second kappa shape index (κ2) is 5.81. The highest BCUT2D eigenvalue weighted by Gasteiger charge is 2.15. The molecule has 0 saturated carbocycles. The van der Waals surface area contributed by atoms with Gasteiger partial charge in [0.2, 0.25) is 5.82 Å². The second-order valence-electron chi connectivity index (χ2n) is 4.90. The van der Waals surface area contributed by atoms with Crippen LogP contribution in [0.2, 0.25) is 0 Å². The lowest BCUT2D eigenvalue weighted by molar-refractivity contribution is 0.567. The third kappa shape index (κ3) is 2.60.